The van der Waals surface area contributed by atoms with Crippen LogP contribution >= 0.6 is 15.9 Å². The van der Waals surface area contributed by atoms with E-state index in [4.69, 9.17) is 4.74 Å². The van der Waals surface area contributed by atoms with Crippen molar-refractivity contribution in [2.24, 2.45) is 5.92 Å². The second kappa shape index (κ2) is 4.23. The second-order valence-electron chi connectivity index (χ2n) is 3.38. The Morgan fingerprint density at radius 1 is 1.79 bits per heavy atom. The Morgan fingerprint density at radius 2 is 2.64 bits per heavy atom. The summed E-state index contributed by atoms with van der Waals surface area (Å²) in [4.78, 5) is 11.7. The summed E-state index contributed by atoms with van der Waals surface area (Å²) < 4.78 is 7.70. The molecular weight excluding hydrogens is 248 g/mol. The van der Waals surface area contributed by atoms with Gasteiger partial charge in [0.15, 0.2) is 5.78 Å². The third kappa shape index (κ3) is 2.22. The van der Waals surface area contributed by atoms with E-state index in [2.05, 4.69) is 21.0 Å². The van der Waals surface area contributed by atoms with Crippen LogP contribution in [0.15, 0.2) is 16.9 Å². The van der Waals surface area contributed by atoms with Gasteiger partial charge in [0, 0.05) is 18.7 Å². The molecule has 1 aromatic heterocycles. The summed E-state index contributed by atoms with van der Waals surface area (Å²) >= 11 is 3.29. The van der Waals surface area contributed by atoms with Gasteiger partial charge in [0.2, 0.25) is 0 Å². The van der Waals surface area contributed by atoms with Crippen LogP contribution in [-0.4, -0.2) is 28.8 Å². The third-order valence-electron chi connectivity index (χ3n) is 2.30. The highest BCUT2D eigenvalue weighted by atomic mass is 79.9. The van der Waals surface area contributed by atoms with Crippen molar-refractivity contribution in [1.82, 2.24) is 9.78 Å². The van der Waals surface area contributed by atoms with Crippen molar-refractivity contribution < 1.29 is 9.53 Å². The first-order chi connectivity index (χ1) is 6.75. The summed E-state index contributed by atoms with van der Waals surface area (Å²) in [5.41, 5.74) is 0. The van der Waals surface area contributed by atoms with Crippen molar-refractivity contribution in [3.8, 4) is 0 Å². The topological polar surface area (TPSA) is 44.1 Å². The number of ketones is 1. The molecule has 0 saturated carbocycles. The number of carbonyl (C=O) groups is 1. The molecule has 0 radical (unpaired) electrons. The average Bonchev–Trinajstić information content (AvgIpc) is 2.75. The van der Waals surface area contributed by atoms with Gasteiger partial charge in [0.25, 0.3) is 0 Å². The van der Waals surface area contributed by atoms with E-state index in [0.717, 1.165) is 10.9 Å². The minimum Gasteiger partial charge on any atom is -0.381 e. The third-order valence-corrected chi connectivity index (χ3v) is 2.71. The van der Waals surface area contributed by atoms with Crippen molar-refractivity contribution in [2.75, 3.05) is 13.2 Å². The second-order valence-corrected chi connectivity index (χ2v) is 4.30. The fourth-order valence-electron chi connectivity index (χ4n) is 1.50. The van der Waals surface area contributed by atoms with Gasteiger partial charge in [-0.15, -0.1) is 0 Å². The van der Waals surface area contributed by atoms with E-state index in [9.17, 15) is 4.79 Å². The standard InChI is InChI=1S/C9H11BrN2O2/c10-8-3-11-12(4-8)5-9(13)7-1-2-14-6-7/h3-4,7H,1-2,5-6H2. The maximum atomic E-state index is 11.7. The summed E-state index contributed by atoms with van der Waals surface area (Å²) in [7, 11) is 0. The molecule has 0 aromatic carbocycles. The first kappa shape index (κ1) is 9.86. The normalized spacial score (nSPS) is 21.4. The molecule has 0 bridgehead atoms. The van der Waals surface area contributed by atoms with Crippen LogP contribution in [0.4, 0.5) is 0 Å². The van der Waals surface area contributed by atoms with Gasteiger partial charge in [0.1, 0.15) is 0 Å². The number of rotatable bonds is 3. The maximum Gasteiger partial charge on any atom is 0.159 e. The van der Waals surface area contributed by atoms with Crippen molar-refractivity contribution >= 4 is 21.7 Å². The molecule has 0 aliphatic carbocycles. The minimum atomic E-state index is 0.0676. The first-order valence-electron chi connectivity index (χ1n) is 4.54. The van der Waals surface area contributed by atoms with Gasteiger partial charge in [-0.1, -0.05) is 0 Å². The van der Waals surface area contributed by atoms with Gasteiger partial charge >= 0.3 is 0 Å². The van der Waals surface area contributed by atoms with Gasteiger partial charge in [0.05, 0.1) is 23.8 Å². The maximum absolute atomic E-state index is 11.7. The van der Waals surface area contributed by atoms with Crippen LogP contribution in [0, 0.1) is 5.92 Å². The summed E-state index contributed by atoms with van der Waals surface area (Å²) in [6, 6.07) is 0. The van der Waals surface area contributed by atoms with Crippen LogP contribution in [0.5, 0.6) is 0 Å². The lowest BCUT2D eigenvalue weighted by Crippen LogP contribution is -2.20. The number of nitrogens with zero attached hydrogens (tertiary/aromatic N) is 2. The number of carbonyl (C=O) groups excluding carboxylic acids is 1. The number of hydrogen-bond donors (Lipinski definition) is 0. The molecule has 1 unspecified atom stereocenters. The molecule has 1 aliphatic rings. The Bertz CT molecular complexity index is 331. The Labute approximate surface area is 90.4 Å². The zero-order valence-corrected chi connectivity index (χ0v) is 9.24. The van der Waals surface area contributed by atoms with Crippen LogP contribution in [-0.2, 0) is 16.1 Å². The van der Waals surface area contributed by atoms with Crippen LogP contribution < -0.4 is 0 Å². The summed E-state index contributed by atoms with van der Waals surface area (Å²) in [6.07, 6.45) is 4.33. The lowest BCUT2D eigenvalue weighted by molar-refractivity contribution is -0.123. The summed E-state index contributed by atoms with van der Waals surface area (Å²) in [5, 5.41) is 4.04. The zero-order chi connectivity index (χ0) is 9.97. The molecule has 4 nitrogen and oxygen atoms in total. The molecule has 76 valence electrons. The van der Waals surface area contributed by atoms with E-state index in [0.29, 0.717) is 19.8 Å². The van der Waals surface area contributed by atoms with Crippen LogP contribution in [0.25, 0.3) is 0 Å². The highest BCUT2D eigenvalue weighted by Crippen LogP contribution is 2.14. The van der Waals surface area contributed by atoms with Crippen molar-refractivity contribution in [2.45, 2.75) is 13.0 Å². The summed E-state index contributed by atoms with van der Waals surface area (Å²) in [6.45, 7) is 1.63. The fraction of sp³-hybridized carbons (Fsp3) is 0.556. The largest absolute Gasteiger partial charge is 0.381 e. The quantitative estimate of drug-likeness (QED) is 0.820. The average molecular weight is 259 g/mol. The molecule has 1 atom stereocenters. The van der Waals surface area contributed by atoms with E-state index in [1.54, 1.807) is 17.1 Å². The van der Waals surface area contributed by atoms with E-state index in [-0.39, 0.29) is 11.7 Å². The van der Waals surface area contributed by atoms with Crippen molar-refractivity contribution in [3.63, 3.8) is 0 Å². The van der Waals surface area contributed by atoms with E-state index >= 15 is 0 Å². The summed E-state index contributed by atoms with van der Waals surface area (Å²) in [5.74, 6) is 0.274. The predicted molar refractivity (Wildman–Crippen MR) is 53.9 cm³/mol. The predicted octanol–water partition coefficient (Wildman–Crippen LogP) is 1.25. The Balaban J connectivity index is 1.93. The fourth-order valence-corrected chi connectivity index (χ4v) is 1.83. The van der Waals surface area contributed by atoms with Gasteiger partial charge in [-0.2, -0.15) is 5.10 Å². The van der Waals surface area contributed by atoms with Crippen LogP contribution in [0.3, 0.4) is 0 Å². The molecule has 5 heteroatoms. The van der Waals surface area contributed by atoms with Crippen molar-refractivity contribution in [3.05, 3.63) is 16.9 Å². The Kier molecular flexibility index (Phi) is 2.98. The molecule has 1 saturated heterocycles. The molecule has 0 amide bonds. The number of Topliss-reactive ketones (excluding diaryl/α,β-unsaturated/α-hetero) is 1. The number of hydrogen-bond acceptors (Lipinski definition) is 3. The number of ether oxygens (including phenoxy) is 1. The monoisotopic (exact) mass is 258 g/mol. The number of halogens is 1. The number of aromatic nitrogens is 2. The Hall–Kier alpha value is -0.680. The Morgan fingerprint density at radius 3 is 3.21 bits per heavy atom. The van der Waals surface area contributed by atoms with E-state index in [1.807, 2.05) is 0 Å². The molecule has 2 heterocycles. The molecule has 14 heavy (non-hydrogen) atoms. The highest BCUT2D eigenvalue weighted by molar-refractivity contribution is 9.10. The molecule has 0 spiro atoms. The molecule has 1 fully saturated rings. The first-order valence-corrected chi connectivity index (χ1v) is 5.33. The van der Waals surface area contributed by atoms with Gasteiger partial charge < -0.3 is 4.74 Å². The van der Waals surface area contributed by atoms with Gasteiger partial charge in [-0.25, -0.2) is 0 Å². The lowest BCUT2D eigenvalue weighted by Gasteiger charge is -2.05. The smallest absolute Gasteiger partial charge is 0.159 e. The van der Waals surface area contributed by atoms with E-state index < -0.39 is 0 Å². The molecule has 1 aliphatic heterocycles. The molecule has 2 rings (SSSR count). The van der Waals surface area contributed by atoms with Crippen molar-refractivity contribution in [1.29, 1.82) is 0 Å². The lowest BCUT2D eigenvalue weighted by atomic mass is 10.0. The highest BCUT2D eigenvalue weighted by Gasteiger charge is 2.23. The van der Waals surface area contributed by atoms with Crippen LogP contribution in [0.1, 0.15) is 6.42 Å². The van der Waals surface area contributed by atoms with E-state index in [1.165, 1.54) is 0 Å². The molecule has 0 N–H and O–H groups in total. The van der Waals surface area contributed by atoms with Gasteiger partial charge in [-0.05, 0) is 22.4 Å². The molecular formula is C9H11BrN2O2. The van der Waals surface area contributed by atoms with Gasteiger partial charge in [-0.3, -0.25) is 9.48 Å². The zero-order valence-electron chi connectivity index (χ0n) is 7.65. The SMILES string of the molecule is O=C(Cn1cc(Br)cn1)C1CCOC1. The molecule has 1 aromatic rings. The minimum absolute atomic E-state index is 0.0676. The van der Waals surface area contributed by atoms with Crippen LogP contribution in [0.2, 0.25) is 0 Å².